The molecule has 10 heteroatoms. The van der Waals surface area contributed by atoms with Crippen LogP contribution in [0, 0.1) is 6.92 Å². The number of methoxy groups -OCH3 is 2. The molecule has 1 heterocycles. The quantitative estimate of drug-likeness (QED) is 0.673. The Morgan fingerprint density at radius 2 is 1.71 bits per heavy atom. The van der Waals surface area contributed by atoms with Crippen LogP contribution in [-0.2, 0) is 33.8 Å². The van der Waals surface area contributed by atoms with E-state index in [9.17, 15) is 18.0 Å². The molecule has 31 heavy (non-hydrogen) atoms. The summed E-state index contributed by atoms with van der Waals surface area (Å²) in [5, 5.41) is 0. The number of nitrogens with one attached hydrogen (secondary N) is 1. The zero-order valence-corrected chi connectivity index (χ0v) is 18.1. The lowest BCUT2D eigenvalue weighted by molar-refractivity contribution is -0.140. The maximum absolute atomic E-state index is 12.7. The molecule has 0 bridgehead atoms. The van der Waals surface area contributed by atoms with Crippen molar-refractivity contribution in [1.29, 1.82) is 0 Å². The smallest absolute Gasteiger partial charge is 0.355 e. The second-order valence-corrected chi connectivity index (χ2v) is 8.37. The summed E-state index contributed by atoms with van der Waals surface area (Å²) in [6.45, 7) is 1.72. The predicted octanol–water partition coefficient (Wildman–Crippen LogP) is 2.19. The fourth-order valence-corrected chi connectivity index (χ4v) is 4.12. The van der Waals surface area contributed by atoms with Gasteiger partial charge in [0, 0.05) is 11.4 Å². The molecule has 0 spiro atoms. The van der Waals surface area contributed by atoms with Crippen molar-refractivity contribution >= 4 is 33.3 Å². The third-order valence-corrected chi connectivity index (χ3v) is 5.96. The Morgan fingerprint density at radius 3 is 2.32 bits per heavy atom. The molecule has 0 atom stereocenters. The van der Waals surface area contributed by atoms with Gasteiger partial charge in [-0.1, -0.05) is 12.1 Å². The molecular formula is C21H22N2O7S. The van der Waals surface area contributed by atoms with Gasteiger partial charge in [-0.05, 0) is 48.9 Å². The van der Waals surface area contributed by atoms with Crippen molar-refractivity contribution in [3.63, 3.8) is 0 Å². The Kier molecular flexibility index (Phi) is 6.62. The number of ether oxygens (including phenoxy) is 3. The molecule has 0 saturated carbocycles. The molecule has 1 N–H and O–H groups in total. The first kappa shape index (κ1) is 22.3. The van der Waals surface area contributed by atoms with Gasteiger partial charge in [-0.3, -0.25) is 4.72 Å². The monoisotopic (exact) mass is 446 g/mol. The third kappa shape index (κ3) is 4.86. The van der Waals surface area contributed by atoms with E-state index in [1.54, 1.807) is 18.2 Å². The maximum atomic E-state index is 12.7. The van der Waals surface area contributed by atoms with Gasteiger partial charge >= 0.3 is 11.9 Å². The number of carbonyl (C=O) groups is 2. The highest BCUT2D eigenvalue weighted by atomic mass is 32.2. The summed E-state index contributed by atoms with van der Waals surface area (Å²) in [4.78, 5) is 25.9. The Bertz CT molecular complexity index is 1120. The largest absolute Gasteiger partial charge is 0.466 e. The summed E-state index contributed by atoms with van der Waals surface area (Å²) in [5.41, 5.74) is 1.81. The van der Waals surface area contributed by atoms with E-state index in [1.807, 2.05) is 13.0 Å². The van der Waals surface area contributed by atoms with E-state index < -0.39 is 22.0 Å². The molecule has 0 radical (unpaired) electrons. The number of sulfonamides is 1. The number of rotatable bonds is 6. The first-order valence-corrected chi connectivity index (χ1v) is 10.7. The fraction of sp³-hybridized carbons (Fsp3) is 0.238. The van der Waals surface area contributed by atoms with Crippen LogP contribution in [0.3, 0.4) is 0 Å². The van der Waals surface area contributed by atoms with Crippen LogP contribution in [0.1, 0.15) is 5.56 Å². The number of hydrogen-bond acceptors (Lipinski definition) is 8. The number of benzene rings is 2. The van der Waals surface area contributed by atoms with E-state index in [1.165, 1.54) is 43.4 Å². The van der Waals surface area contributed by atoms with E-state index in [-0.39, 0.29) is 29.5 Å². The number of nitrogens with zero attached hydrogens (tertiary/aromatic N) is 1. The number of anilines is 2. The lowest BCUT2D eigenvalue weighted by atomic mass is 10.1. The van der Waals surface area contributed by atoms with Crippen LogP contribution in [0.4, 0.5) is 11.4 Å². The topological polar surface area (TPSA) is 111 Å². The van der Waals surface area contributed by atoms with Gasteiger partial charge in [0.2, 0.25) is 0 Å². The number of hydrogen-bond donors (Lipinski definition) is 1. The van der Waals surface area contributed by atoms with E-state index in [4.69, 9.17) is 14.2 Å². The van der Waals surface area contributed by atoms with Crippen molar-refractivity contribution in [3.8, 4) is 0 Å². The molecule has 1 aliphatic heterocycles. The second kappa shape index (κ2) is 9.19. The molecule has 2 aromatic rings. The van der Waals surface area contributed by atoms with Gasteiger partial charge in [-0.2, -0.15) is 0 Å². The minimum absolute atomic E-state index is 0.0124. The maximum Gasteiger partial charge on any atom is 0.355 e. The number of carbonyl (C=O) groups excluding carboxylic acids is 2. The van der Waals surface area contributed by atoms with Gasteiger partial charge < -0.3 is 19.1 Å². The van der Waals surface area contributed by atoms with E-state index >= 15 is 0 Å². The Balaban J connectivity index is 1.92. The highest BCUT2D eigenvalue weighted by Crippen LogP contribution is 2.28. The predicted molar refractivity (Wildman–Crippen MR) is 113 cm³/mol. The van der Waals surface area contributed by atoms with Gasteiger partial charge in [0.15, 0.2) is 0 Å². The average Bonchev–Trinajstić information content (AvgIpc) is 2.77. The lowest BCUT2D eigenvalue weighted by Crippen LogP contribution is -2.38. The molecule has 2 aromatic carbocycles. The van der Waals surface area contributed by atoms with Crippen molar-refractivity contribution < 1.29 is 32.2 Å². The van der Waals surface area contributed by atoms with Crippen LogP contribution in [0.5, 0.6) is 0 Å². The van der Waals surface area contributed by atoms with E-state index in [0.717, 1.165) is 5.56 Å². The van der Waals surface area contributed by atoms with Gasteiger partial charge in [0.1, 0.15) is 12.4 Å². The molecule has 0 saturated heterocycles. The summed E-state index contributed by atoms with van der Waals surface area (Å²) >= 11 is 0. The van der Waals surface area contributed by atoms with Crippen LogP contribution >= 0.6 is 0 Å². The Hall–Kier alpha value is -3.37. The lowest BCUT2D eigenvalue weighted by Gasteiger charge is -2.31. The number of aryl methyl sites for hydroxylation is 1. The third-order valence-electron chi connectivity index (χ3n) is 4.56. The Morgan fingerprint density at radius 1 is 1.03 bits per heavy atom. The summed E-state index contributed by atoms with van der Waals surface area (Å²) < 4.78 is 42.9. The molecule has 0 unspecified atom stereocenters. The minimum atomic E-state index is -3.82. The summed E-state index contributed by atoms with van der Waals surface area (Å²) in [7, 11) is -1.42. The first-order valence-electron chi connectivity index (χ1n) is 9.21. The van der Waals surface area contributed by atoms with Gasteiger partial charge in [-0.15, -0.1) is 0 Å². The SMILES string of the molecule is COC(=O)C1=C(C(=O)OC)N(c2ccc(S(=O)(=O)Nc3cccc(C)c3)cc2)COC1. The summed E-state index contributed by atoms with van der Waals surface area (Å²) in [5.74, 6) is -1.45. The molecule has 164 valence electrons. The van der Waals surface area contributed by atoms with Crippen molar-refractivity contribution in [1.82, 2.24) is 0 Å². The van der Waals surface area contributed by atoms with E-state index in [2.05, 4.69) is 4.72 Å². The molecule has 9 nitrogen and oxygen atoms in total. The van der Waals surface area contributed by atoms with Gasteiger partial charge in [-0.25, -0.2) is 18.0 Å². The molecule has 0 amide bonds. The molecule has 1 aliphatic rings. The standard InChI is InChI=1S/C21H22N2O7S/c1-14-5-4-6-15(11-14)22-31(26,27)17-9-7-16(8-10-17)23-13-30-12-18(20(24)28-2)19(23)21(25)29-3/h4-11,22H,12-13H2,1-3H3. The fourth-order valence-electron chi connectivity index (χ4n) is 3.08. The zero-order valence-electron chi connectivity index (χ0n) is 17.2. The average molecular weight is 446 g/mol. The first-order chi connectivity index (χ1) is 14.8. The minimum Gasteiger partial charge on any atom is -0.466 e. The van der Waals surface area contributed by atoms with Crippen LogP contribution in [0.15, 0.2) is 64.7 Å². The summed E-state index contributed by atoms with van der Waals surface area (Å²) in [6, 6.07) is 12.8. The molecular weight excluding hydrogens is 424 g/mol. The van der Waals surface area contributed by atoms with Gasteiger partial charge in [0.05, 0.1) is 31.3 Å². The highest BCUT2D eigenvalue weighted by Gasteiger charge is 2.32. The van der Waals surface area contributed by atoms with Crippen LogP contribution < -0.4 is 9.62 Å². The van der Waals surface area contributed by atoms with Gasteiger partial charge in [0.25, 0.3) is 10.0 Å². The molecule has 3 rings (SSSR count). The number of esters is 2. The molecule has 0 aromatic heterocycles. The summed E-state index contributed by atoms with van der Waals surface area (Å²) in [6.07, 6.45) is 0. The normalized spacial score (nSPS) is 14.2. The molecule has 0 fully saturated rings. The van der Waals surface area contributed by atoms with Crippen LogP contribution in [0.25, 0.3) is 0 Å². The van der Waals surface area contributed by atoms with Crippen LogP contribution in [0.2, 0.25) is 0 Å². The van der Waals surface area contributed by atoms with E-state index in [0.29, 0.717) is 11.4 Å². The van der Waals surface area contributed by atoms with Crippen LogP contribution in [-0.4, -0.2) is 47.9 Å². The highest BCUT2D eigenvalue weighted by molar-refractivity contribution is 7.92. The van der Waals surface area contributed by atoms with Crippen molar-refractivity contribution in [2.24, 2.45) is 0 Å². The van der Waals surface area contributed by atoms with Crippen molar-refractivity contribution in [3.05, 3.63) is 65.4 Å². The Labute approximate surface area is 180 Å². The van der Waals surface area contributed by atoms with Crippen molar-refractivity contribution in [2.75, 3.05) is 37.2 Å². The second-order valence-electron chi connectivity index (χ2n) is 6.68. The molecule has 0 aliphatic carbocycles. The zero-order chi connectivity index (χ0) is 22.6. The van der Waals surface area contributed by atoms with Crippen molar-refractivity contribution in [2.45, 2.75) is 11.8 Å².